The van der Waals surface area contributed by atoms with Crippen LogP contribution in [0.2, 0.25) is 0 Å². The summed E-state index contributed by atoms with van der Waals surface area (Å²) in [5, 5.41) is 7.09. The van der Waals surface area contributed by atoms with E-state index < -0.39 is 12.0 Å². The maximum absolute atomic E-state index is 13.2. The van der Waals surface area contributed by atoms with Crippen molar-refractivity contribution in [2.75, 3.05) is 12.4 Å². The van der Waals surface area contributed by atoms with Crippen molar-refractivity contribution in [3.05, 3.63) is 47.9 Å². The van der Waals surface area contributed by atoms with Crippen LogP contribution >= 0.6 is 0 Å². The Morgan fingerprint density at radius 1 is 1.32 bits per heavy atom. The first-order chi connectivity index (χ1) is 12.0. The molecule has 132 valence electrons. The van der Waals surface area contributed by atoms with Gasteiger partial charge in [0.25, 0.3) is 0 Å². The summed E-state index contributed by atoms with van der Waals surface area (Å²) >= 11 is 0. The van der Waals surface area contributed by atoms with Gasteiger partial charge in [-0.25, -0.2) is 4.39 Å². The van der Waals surface area contributed by atoms with Crippen molar-refractivity contribution in [1.82, 2.24) is 14.7 Å². The Bertz CT molecular complexity index is 772. The molecule has 1 fully saturated rings. The largest absolute Gasteiger partial charge is 0.338 e. The van der Waals surface area contributed by atoms with Crippen LogP contribution in [0.3, 0.4) is 0 Å². The van der Waals surface area contributed by atoms with Gasteiger partial charge in [0.15, 0.2) is 5.82 Å². The van der Waals surface area contributed by atoms with E-state index >= 15 is 0 Å². The number of aromatic nitrogens is 2. The Morgan fingerprint density at radius 2 is 2.04 bits per heavy atom. The molecule has 2 aromatic rings. The number of carbonyl (C=O) groups excluding carboxylic acids is 2. The Hall–Kier alpha value is -2.70. The van der Waals surface area contributed by atoms with E-state index in [1.54, 1.807) is 41.0 Å². The molecular weight excluding hydrogens is 323 g/mol. The second-order valence-corrected chi connectivity index (χ2v) is 6.19. The first kappa shape index (κ1) is 17.1. The van der Waals surface area contributed by atoms with Gasteiger partial charge in [-0.3, -0.25) is 14.3 Å². The summed E-state index contributed by atoms with van der Waals surface area (Å²) in [4.78, 5) is 26.5. The van der Waals surface area contributed by atoms with Gasteiger partial charge in [-0.2, -0.15) is 5.10 Å². The highest BCUT2D eigenvalue weighted by Crippen LogP contribution is 2.36. The minimum absolute atomic E-state index is 0.0198. The molecule has 25 heavy (non-hydrogen) atoms. The van der Waals surface area contributed by atoms with E-state index in [1.807, 2.05) is 6.92 Å². The quantitative estimate of drug-likeness (QED) is 0.927. The minimum Gasteiger partial charge on any atom is -0.338 e. The number of anilines is 1. The molecule has 0 radical (unpaired) electrons. The van der Waals surface area contributed by atoms with Crippen LogP contribution in [-0.2, 0) is 16.1 Å². The van der Waals surface area contributed by atoms with Gasteiger partial charge in [0.05, 0.1) is 12.0 Å². The molecule has 1 aliphatic heterocycles. The number of halogens is 1. The topological polar surface area (TPSA) is 67.2 Å². The third kappa shape index (κ3) is 3.55. The average molecular weight is 344 g/mol. The van der Waals surface area contributed by atoms with Crippen molar-refractivity contribution >= 4 is 17.6 Å². The molecule has 1 N–H and O–H groups in total. The van der Waals surface area contributed by atoms with Crippen LogP contribution in [0.1, 0.15) is 31.4 Å². The van der Waals surface area contributed by atoms with E-state index in [4.69, 9.17) is 0 Å². The molecule has 2 amide bonds. The molecule has 0 bridgehead atoms. The van der Waals surface area contributed by atoms with Crippen LogP contribution in [0.5, 0.6) is 0 Å². The van der Waals surface area contributed by atoms with Gasteiger partial charge in [-0.1, -0.05) is 12.1 Å². The lowest BCUT2D eigenvalue weighted by Crippen LogP contribution is -2.44. The van der Waals surface area contributed by atoms with Gasteiger partial charge in [0.2, 0.25) is 11.8 Å². The van der Waals surface area contributed by atoms with Gasteiger partial charge in [-0.05, 0) is 31.0 Å². The molecule has 1 aromatic carbocycles. The molecule has 2 heterocycles. The molecule has 1 aromatic heterocycles. The number of nitrogens with zero attached hydrogens (tertiary/aromatic N) is 3. The van der Waals surface area contributed by atoms with Crippen LogP contribution in [0.15, 0.2) is 36.5 Å². The molecule has 0 saturated carbocycles. The molecule has 6 nitrogen and oxygen atoms in total. The SMILES string of the molecule is CCn1ccc(NC(=O)[C@@H]2CCC(=O)N(C)[C@@H]2c2ccc(F)cc2)n1. The fraction of sp³-hybridized carbons (Fsp3) is 0.389. The zero-order chi connectivity index (χ0) is 18.0. The molecule has 7 heteroatoms. The maximum Gasteiger partial charge on any atom is 0.231 e. The molecule has 0 aliphatic carbocycles. The lowest BCUT2D eigenvalue weighted by molar-refractivity contribution is -0.140. The van der Waals surface area contributed by atoms with E-state index in [0.29, 0.717) is 18.7 Å². The summed E-state index contributed by atoms with van der Waals surface area (Å²) < 4.78 is 15.0. The second kappa shape index (κ2) is 7.04. The predicted molar refractivity (Wildman–Crippen MR) is 91.2 cm³/mol. The van der Waals surface area contributed by atoms with E-state index in [-0.39, 0.29) is 17.6 Å². The molecular formula is C18H21FN4O2. The highest BCUT2D eigenvalue weighted by Gasteiger charge is 2.39. The average Bonchev–Trinajstić information content (AvgIpc) is 3.05. The summed E-state index contributed by atoms with van der Waals surface area (Å²) in [6.45, 7) is 2.68. The van der Waals surface area contributed by atoms with E-state index in [2.05, 4.69) is 10.4 Å². The maximum atomic E-state index is 13.2. The Labute approximate surface area is 145 Å². The fourth-order valence-corrected chi connectivity index (χ4v) is 3.25. The van der Waals surface area contributed by atoms with Crippen molar-refractivity contribution < 1.29 is 14.0 Å². The zero-order valence-corrected chi connectivity index (χ0v) is 14.3. The Kier molecular flexibility index (Phi) is 4.83. The smallest absolute Gasteiger partial charge is 0.231 e. The predicted octanol–water partition coefficient (Wildman–Crippen LogP) is 2.59. The Balaban J connectivity index is 1.84. The van der Waals surface area contributed by atoms with Crippen LogP contribution in [0.25, 0.3) is 0 Å². The number of rotatable bonds is 4. The summed E-state index contributed by atoms with van der Waals surface area (Å²) in [6, 6.07) is 7.27. The number of benzene rings is 1. The normalized spacial score (nSPS) is 20.6. The van der Waals surface area contributed by atoms with Crippen LogP contribution in [-0.4, -0.2) is 33.5 Å². The van der Waals surface area contributed by atoms with E-state index in [9.17, 15) is 14.0 Å². The molecule has 1 saturated heterocycles. The molecule has 1 aliphatic rings. The third-order valence-electron chi connectivity index (χ3n) is 4.63. The first-order valence-electron chi connectivity index (χ1n) is 8.35. The standard InChI is InChI=1S/C18H21FN4O2/c1-3-23-11-10-15(21-23)20-18(25)14-8-9-16(24)22(2)17(14)12-4-6-13(19)7-5-12/h4-7,10-11,14,17H,3,8-9H2,1-2H3,(H,20,21,25)/t14-,17-/m1/s1. The summed E-state index contributed by atoms with van der Waals surface area (Å²) in [6.07, 6.45) is 2.56. The number of hydrogen-bond acceptors (Lipinski definition) is 3. The minimum atomic E-state index is -0.421. The number of hydrogen-bond donors (Lipinski definition) is 1. The third-order valence-corrected chi connectivity index (χ3v) is 4.63. The number of nitrogens with one attached hydrogen (secondary N) is 1. The monoisotopic (exact) mass is 344 g/mol. The molecule has 0 spiro atoms. The highest BCUT2D eigenvalue weighted by molar-refractivity contribution is 5.94. The fourth-order valence-electron chi connectivity index (χ4n) is 3.25. The number of aryl methyl sites for hydroxylation is 1. The highest BCUT2D eigenvalue weighted by atomic mass is 19.1. The van der Waals surface area contributed by atoms with Crippen molar-refractivity contribution in [3.63, 3.8) is 0 Å². The molecule has 0 unspecified atom stereocenters. The van der Waals surface area contributed by atoms with Crippen molar-refractivity contribution in [2.24, 2.45) is 5.92 Å². The van der Waals surface area contributed by atoms with Crippen LogP contribution in [0, 0.1) is 11.7 Å². The lowest BCUT2D eigenvalue weighted by atomic mass is 9.84. The Morgan fingerprint density at radius 3 is 2.68 bits per heavy atom. The lowest BCUT2D eigenvalue weighted by Gasteiger charge is -2.38. The van der Waals surface area contributed by atoms with Crippen LogP contribution < -0.4 is 5.32 Å². The zero-order valence-electron chi connectivity index (χ0n) is 14.3. The number of likely N-dealkylation sites (tertiary alicyclic amines) is 1. The van der Waals surface area contributed by atoms with Gasteiger partial charge < -0.3 is 10.2 Å². The molecule has 3 rings (SSSR count). The number of carbonyl (C=O) groups is 2. The second-order valence-electron chi connectivity index (χ2n) is 6.19. The summed E-state index contributed by atoms with van der Waals surface area (Å²) in [5.41, 5.74) is 0.746. The van der Waals surface area contributed by atoms with Gasteiger partial charge >= 0.3 is 0 Å². The summed E-state index contributed by atoms with van der Waals surface area (Å²) in [5.74, 6) is -0.479. The van der Waals surface area contributed by atoms with Crippen molar-refractivity contribution in [1.29, 1.82) is 0 Å². The first-order valence-corrected chi connectivity index (χ1v) is 8.35. The van der Waals surface area contributed by atoms with E-state index in [0.717, 1.165) is 12.1 Å². The van der Waals surface area contributed by atoms with Gasteiger partial charge in [-0.15, -0.1) is 0 Å². The van der Waals surface area contributed by atoms with E-state index in [1.165, 1.54) is 12.1 Å². The van der Waals surface area contributed by atoms with Gasteiger partial charge in [0, 0.05) is 32.3 Å². The van der Waals surface area contributed by atoms with Gasteiger partial charge in [0.1, 0.15) is 5.82 Å². The van der Waals surface area contributed by atoms with Crippen molar-refractivity contribution in [2.45, 2.75) is 32.4 Å². The van der Waals surface area contributed by atoms with Crippen molar-refractivity contribution in [3.8, 4) is 0 Å². The summed E-state index contributed by atoms with van der Waals surface area (Å²) in [7, 11) is 1.68. The molecule has 2 atom stereocenters. The number of amides is 2. The number of piperidine rings is 1. The van der Waals surface area contributed by atoms with Crippen LogP contribution in [0.4, 0.5) is 10.2 Å².